The van der Waals surface area contributed by atoms with Crippen LogP contribution in [0.3, 0.4) is 0 Å². The molecule has 0 aliphatic rings. The molecule has 0 aliphatic carbocycles. The van der Waals surface area contributed by atoms with Crippen LogP contribution in [0.25, 0.3) is 0 Å². The molecule has 4 nitrogen and oxygen atoms in total. The summed E-state index contributed by atoms with van der Waals surface area (Å²) in [4.78, 5) is 0. The van der Waals surface area contributed by atoms with E-state index in [-0.39, 0.29) is 13.2 Å². The summed E-state index contributed by atoms with van der Waals surface area (Å²) in [5.41, 5.74) is 0.617. The van der Waals surface area contributed by atoms with Crippen molar-refractivity contribution in [1.82, 2.24) is 0 Å². The molecule has 0 atom stereocenters. The summed E-state index contributed by atoms with van der Waals surface area (Å²) in [5.74, 6) is 0.477. The molecule has 0 aliphatic heterocycles. The predicted octanol–water partition coefficient (Wildman–Crippen LogP) is -0.000480. The average Bonchev–Trinajstić information content (AvgIpc) is 2.07. The van der Waals surface area contributed by atoms with E-state index in [4.69, 9.17) is 9.84 Å². The van der Waals surface area contributed by atoms with E-state index in [1.54, 1.807) is 19.1 Å². The van der Waals surface area contributed by atoms with Crippen molar-refractivity contribution in [1.29, 1.82) is 0 Å². The Morgan fingerprint density at radius 3 is 2.92 bits per heavy atom. The number of aliphatic hydroxyl groups is 1. The van der Waals surface area contributed by atoms with Crippen LogP contribution >= 0.6 is 0 Å². The lowest BCUT2D eigenvalue weighted by Gasteiger charge is -2.04. The molecule has 0 unspecified atom stereocenters. The average molecular weight is 169 g/mol. The van der Waals surface area contributed by atoms with Gasteiger partial charge in [0.1, 0.15) is 6.61 Å². The SMILES string of the molecule is Cc1ccc(OCCO)c[n+]1[O-]. The number of aromatic nitrogens is 1. The van der Waals surface area contributed by atoms with Gasteiger partial charge < -0.3 is 15.1 Å². The van der Waals surface area contributed by atoms with Gasteiger partial charge in [0, 0.05) is 13.0 Å². The van der Waals surface area contributed by atoms with Crippen molar-refractivity contribution >= 4 is 0 Å². The molecule has 0 aromatic carbocycles. The molecule has 12 heavy (non-hydrogen) atoms. The van der Waals surface area contributed by atoms with Crippen LogP contribution in [0.15, 0.2) is 18.3 Å². The third-order valence-electron chi connectivity index (χ3n) is 1.44. The van der Waals surface area contributed by atoms with Crippen molar-refractivity contribution < 1.29 is 14.6 Å². The standard InChI is InChI=1S/C8H11NO3/c1-7-2-3-8(6-9(7)11)12-5-4-10/h2-3,6,10H,4-5H2,1H3. The van der Waals surface area contributed by atoms with Crippen molar-refractivity contribution in [2.45, 2.75) is 6.92 Å². The van der Waals surface area contributed by atoms with Crippen LogP contribution in [-0.4, -0.2) is 18.3 Å². The molecule has 0 bridgehead atoms. The van der Waals surface area contributed by atoms with Gasteiger partial charge in [-0.1, -0.05) is 0 Å². The maximum Gasteiger partial charge on any atom is 0.222 e. The van der Waals surface area contributed by atoms with E-state index in [9.17, 15) is 5.21 Å². The quantitative estimate of drug-likeness (QED) is 0.512. The van der Waals surface area contributed by atoms with Gasteiger partial charge in [-0.3, -0.25) is 0 Å². The Balaban J connectivity index is 2.69. The Bertz CT molecular complexity index is 262. The van der Waals surface area contributed by atoms with Gasteiger partial charge in [-0.15, -0.1) is 0 Å². The van der Waals surface area contributed by atoms with Gasteiger partial charge in [0.25, 0.3) is 0 Å². The number of aryl methyl sites for hydroxylation is 1. The molecule has 1 aromatic rings. The second-order valence-electron chi connectivity index (χ2n) is 2.40. The van der Waals surface area contributed by atoms with Crippen molar-refractivity contribution in [2.24, 2.45) is 0 Å². The van der Waals surface area contributed by atoms with Crippen LogP contribution < -0.4 is 9.47 Å². The van der Waals surface area contributed by atoms with E-state index in [1.165, 1.54) is 6.20 Å². The van der Waals surface area contributed by atoms with Crippen LogP contribution in [0, 0.1) is 12.1 Å². The molecule has 0 saturated heterocycles. The normalized spacial score (nSPS) is 9.83. The van der Waals surface area contributed by atoms with Crippen LogP contribution in [0.5, 0.6) is 5.75 Å². The lowest BCUT2D eigenvalue weighted by Crippen LogP contribution is -2.29. The van der Waals surface area contributed by atoms with E-state index in [2.05, 4.69) is 0 Å². The lowest BCUT2D eigenvalue weighted by molar-refractivity contribution is -0.612. The Hall–Kier alpha value is -1.29. The molecule has 1 aromatic heterocycles. The zero-order chi connectivity index (χ0) is 8.97. The minimum atomic E-state index is -0.0489. The Morgan fingerprint density at radius 2 is 2.33 bits per heavy atom. The number of hydrogen-bond donors (Lipinski definition) is 1. The monoisotopic (exact) mass is 169 g/mol. The first-order valence-corrected chi connectivity index (χ1v) is 3.67. The number of nitrogens with zero attached hydrogens (tertiary/aromatic N) is 1. The molecule has 0 spiro atoms. The largest absolute Gasteiger partial charge is 0.618 e. The summed E-state index contributed by atoms with van der Waals surface area (Å²) in [6.07, 6.45) is 1.34. The molecule has 66 valence electrons. The fourth-order valence-electron chi connectivity index (χ4n) is 0.785. The number of aliphatic hydroxyl groups excluding tert-OH is 1. The van der Waals surface area contributed by atoms with Gasteiger partial charge in [0.05, 0.1) is 6.61 Å². The van der Waals surface area contributed by atoms with Crippen molar-refractivity contribution in [3.05, 3.63) is 29.2 Å². The predicted molar refractivity (Wildman–Crippen MR) is 42.7 cm³/mol. The Kier molecular flexibility index (Phi) is 2.88. The summed E-state index contributed by atoms with van der Waals surface area (Å²) in [6, 6.07) is 3.36. The Labute approximate surface area is 70.6 Å². The van der Waals surface area contributed by atoms with Crippen LogP contribution in [0.4, 0.5) is 0 Å². The first-order valence-electron chi connectivity index (χ1n) is 3.67. The summed E-state index contributed by atoms with van der Waals surface area (Å²) >= 11 is 0. The highest BCUT2D eigenvalue weighted by atomic mass is 16.5. The van der Waals surface area contributed by atoms with E-state index in [0.717, 1.165) is 4.73 Å². The number of hydrogen-bond acceptors (Lipinski definition) is 3. The van der Waals surface area contributed by atoms with Gasteiger partial charge in [-0.05, 0) is 6.07 Å². The molecule has 0 saturated carbocycles. The summed E-state index contributed by atoms with van der Waals surface area (Å²) in [5, 5.41) is 19.4. The fourth-order valence-corrected chi connectivity index (χ4v) is 0.785. The molecule has 1 rings (SSSR count). The summed E-state index contributed by atoms with van der Waals surface area (Å²) < 4.78 is 5.75. The van der Waals surface area contributed by atoms with Gasteiger partial charge in [-0.25, -0.2) is 0 Å². The minimum Gasteiger partial charge on any atom is -0.618 e. The molecule has 0 radical (unpaired) electrons. The molecule has 4 heteroatoms. The number of pyridine rings is 1. The first-order chi connectivity index (χ1) is 5.74. The van der Waals surface area contributed by atoms with Crippen LogP contribution in [0.2, 0.25) is 0 Å². The van der Waals surface area contributed by atoms with E-state index < -0.39 is 0 Å². The maximum atomic E-state index is 11.0. The highest BCUT2D eigenvalue weighted by Gasteiger charge is 2.00. The van der Waals surface area contributed by atoms with E-state index in [0.29, 0.717) is 11.4 Å². The second-order valence-corrected chi connectivity index (χ2v) is 2.40. The second kappa shape index (κ2) is 3.92. The molecule has 1 N–H and O–H groups in total. The first kappa shape index (κ1) is 8.80. The summed E-state index contributed by atoms with van der Waals surface area (Å²) in [6.45, 7) is 1.87. The molecular formula is C8H11NO3. The van der Waals surface area contributed by atoms with Crippen molar-refractivity contribution in [3.8, 4) is 5.75 Å². The van der Waals surface area contributed by atoms with Gasteiger partial charge >= 0.3 is 0 Å². The van der Waals surface area contributed by atoms with Crippen molar-refractivity contribution in [3.63, 3.8) is 0 Å². The third-order valence-corrected chi connectivity index (χ3v) is 1.44. The zero-order valence-corrected chi connectivity index (χ0v) is 6.86. The molecule has 0 fully saturated rings. The minimum absolute atomic E-state index is 0.0489. The number of rotatable bonds is 3. The third kappa shape index (κ3) is 2.10. The van der Waals surface area contributed by atoms with Crippen LogP contribution in [0.1, 0.15) is 5.69 Å². The van der Waals surface area contributed by atoms with Crippen molar-refractivity contribution in [2.75, 3.05) is 13.2 Å². The maximum absolute atomic E-state index is 11.0. The highest BCUT2D eigenvalue weighted by Crippen LogP contribution is 2.06. The van der Waals surface area contributed by atoms with E-state index in [1.807, 2.05) is 0 Å². The van der Waals surface area contributed by atoms with Gasteiger partial charge in [0.15, 0.2) is 11.4 Å². The van der Waals surface area contributed by atoms with Gasteiger partial charge in [0.2, 0.25) is 6.20 Å². The summed E-state index contributed by atoms with van der Waals surface area (Å²) in [7, 11) is 0. The smallest absolute Gasteiger partial charge is 0.222 e. The molecular weight excluding hydrogens is 158 g/mol. The zero-order valence-electron chi connectivity index (χ0n) is 6.86. The Morgan fingerprint density at radius 1 is 1.58 bits per heavy atom. The topological polar surface area (TPSA) is 56.4 Å². The molecule has 0 amide bonds. The lowest BCUT2D eigenvalue weighted by atomic mass is 10.4. The van der Waals surface area contributed by atoms with Crippen LogP contribution in [-0.2, 0) is 0 Å². The highest BCUT2D eigenvalue weighted by molar-refractivity contribution is 5.15. The van der Waals surface area contributed by atoms with E-state index >= 15 is 0 Å². The molecule has 1 heterocycles. The van der Waals surface area contributed by atoms with Gasteiger partial charge in [-0.2, -0.15) is 4.73 Å². The number of ether oxygens (including phenoxy) is 1. The fraction of sp³-hybridized carbons (Fsp3) is 0.375.